The second kappa shape index (κ2) is 22.1. The van der Waals surface area contributed by atoms with E-state index >= 15 is 0 Å². The lowest BCUT2D eigenvalue weighted by Gasteiger charge is -2.65. The molecule has 2 unspecified atom stereocenters. The summed E-state index contributed by atoms with van der Waals surface area (Å²) < 4.78 is 10.4. The van der Waals surface area contributed by atoms with Crippen LogP contribution in [-0.4, -0.2) is 140 Å². The van der Waals surface area contributed by atoms with Crippen LogP contribution in [0.3, 0.4) is 0 Å². The standard InChI is InChI=1S/C31H42N2O9.C29H44N2O7/c1-29-11-9-19(32-24(35)5-8-27(38)42-33-25(36)6-7-26(33)37)14-18(29)3-4-21-22(29)15-23(34)30(2)20(10-12-31(21,30)40)17-13-28(39)41-16-17;1-27-9-7-19(31-25(35)6-5-24(34)30-11-12-32)14-18(27)3-4-21-22(27)15-23(33)28(2)20(8-10-29(21,28)37)17-13-26(36)38-16-17/h13,18-23,34,40H,3-12,14-16H2,1-2H3,(H,32,35);13,18-23,32-33,37H,3-12,14-16H2,1-2H3,(H,30,34)(H,31,35)/t18-,19?,20-,21-,22+,23-,29+,30+,31+;18-,19?,20-,21-,22+,23-,27+,28+,29+/m11/s1. The van der Waals surface area contributed by atoms with Crippen molar-refractivity contribution in [1.82, 2.24) is 21.0 Å². The highest BCUT2D eigenvalue weighted by molar-refractivity contribution is 6.01. The minimum absolute atomic E-state index is 0.0177. The molecule has 0 radical (unpaired) electrons. The zero-order valence-electron chi connectivity index (χ0n) is 47.1. The normalized spacial score (nSPS) is 43.3. The molecule has 9 fully saturated rings. The number of hydrogen-bond donors (Lipinski definition) is 8. The number of imide groups is 1. The zero-order chi connectivity index (χ0) is 57.3. The van der Waals surface area contributed by atoms with E-state index in [1.807, 2.05) is 13.8 Å². The molecular weight excluding hydrogens is 1030 g/mol. The van der Waals surface area contributed by atoms with Gasteiger partial charge in [0.15, 0.2) is 0 Å². The molecular formula is C60H86N4O16. The quantitative estimate of drug-likeness (QED) is 0.0964. The SMILES string of the molecule is C[C@]12CCC(NC(=O)CCC(=O)NCCO)C[C@H]1CC[C@@H]1[C@@H]2C[C@@H](O)[C@]2(C)[C@@H](C3=CC(=O)OC3)CC[C@]12O.C[C@]12CCC(NC(=O)CCC(=O)ON3C(=O)CCC3=O)C[C@H]1CC[C@@H]1[C@@H]2C[C@@H](O)[C@]2(C)[C@@H](C3=CC(=O)OC3)CC[C@]12O. The van der Waals surface area contributed by atoms with Crippen molar-refractivity contribution in [1.29, 1.82) is 0 Å². The van der Waals surface area contributed by atoms with Gasteiger partial charge in [0.05, 0.1) is 36.4 Å². The number of aliphatic hydroxyl groups excluding tert-OH is 3. The van der Waals surface area contributed by atoms with E-state index in [9.17, 15) is 58.8 Å². The Morgan fingerprint density at radius 1 is 0.588 bits per heavy atom. The average molecular weight is 1120 g/mol. The van der Waals surface area contributed by atoms with Crippen molar-refractivity contribution in [2.75, 3.05) is 26.4 Å². The Bertz CT molecular complexity index is 2560. The van der Waals surface area contributed by atoms with Crippen LogP contribution in [0.2, 0.25) is 0 Å². The second-order valence-electron chi connectivity index (χ2n) is 26.9. The number of cyclic esters (lactones) is 2. The molecule has 0 spiro atoms. The van der Waals surface area contributed by atoms with Crippen LogP contribution < -0.4 is 16.0 Å². The first-order valence-electron chi connectivity index (χ1n) is 30.0. The fourth-order valence-corrected chi connectivity index (χ4v) is 19.2. The molecule has 8 aliphatic carbocycles. The van der Waals surface area contributed by atoms with Gasteiger partial charge in [0.1, 0.15) is 13.2 Å². The maximum absolute atomic E-state index is 12.7. The Morgan fingerprint density at radius 3 is 1.45 bits per heavy atom. The molecule has 18 atom stereocenters. The number of carbonyl (C=O) groups is 8. The summed E-state index contributed by atoms with van der Waals surface area (Å²) >= 11 is 0. The number of hydroxylamine groups is 2. The van der Waals surface area contributed by atoms with Gasteiger partial charge in [-0.05, 0) is 172 Å². The summed E-state index contributed by atoms with van der Waals surface area (Å²) in [7, 11) is 0. The van der Waals surface area contributed by atoms with Crippen LogP contribution in [-0.2, 0) is 52.7 Å². The fourth-order valence-electron chi connectivity index (χ4n) is 19.2. The van der Waals surface area contributed by atoms with Gasteiger partial charge in [0, 0.05) is 73.7 Å². The predicted molar refractivity (Wildman–Crippen MR) is 284 cm³/mol. The summed E-state index contributed by atoms with van der Waals surface area (Å²) in [6.45, 7) is 9.23. The molecule has 20 heteroatoms. The number of rotatable bonds is 13. The molecule has 0 aromatic heterocycles. The summed E-state index contributed by atoms with van der Waals surface area (Å²) in [5.74, 6) is -2.10. The Balaban J connectivity index is 0.000000181. The van der Waals surface area contributed by atoms with E-state index in [0.717, 1.165) is 88.2 Å². The number of amides is 5. The van der Waals surface area contributed by atoms with Crippen LogP contribution in [0.4, 0.5) is 0 Å². The van der Waals surface area contributed by atoms with Gasteiger partial charge < -0.3 is 55.8 Å². The molecule has 11 rings (SSSR count). The van der Waals surface area contributed by atoms with Crippen molar-refractivity contribution in [2.24, 2.45) is 69.0 Å². The molecule has 3 aliphatic heterocycles. The lowest BCUT2D eigenvalue weighted by molar-refractivity contribution is -0.243. The van der Waals surface area contributed by atoms with Crippen molar-refractivity contribution in [3.8, 4) is 0 Å². The van der Waals surface area contributed by atoms with E-state index in [4.69, 9.17) is 19.4 Å². The second-order valence-corrected chi connectivity index (χ2v) is 26.9. The Hall–Kier alpha value is -4.76. The smallest absolute Gasteiger partial charge is 0.333 e. The van der Waals surface area contributed by atoms with E-state index in [-0.39, 0.29) is 153 Å². The third-order valence-corrected chi connectivity index (χ3v) is 23.7. The van der Waals surface area contributed by atoms with Gasteiger partial charge in [-0.25, -0.2) is 14.4 Å². The van der Waals surface area contributed by atoms with Gasteiger partial charge in [0.2, 0.25) is 17.7 Å². The summed E-state index contributed by atoms with van der Waals surface area (Å²) in [6, 6.07) is 0.0386. The van der Waals surface area contributed by atoms with Crippen LogP contribution in [0.15, 0.2) is 23.3 Å². The maximum atomic E-state index is 12.7. The van der Waals surface area contributed by atoms with Crippen molar-refractivity contribution < 1.29 is 78.2 Å². The monoisotopic (exact) mass is 1120 g/mol. The van der Waals surface area contributed by atoms with E-state index in [1.54, 1.807) is 12.2 Å². The first kappa shape index (κ1) is 58.4. The molecule has 20 nitrogen and oxygen atoms in total. The largest absolute Gasteiger partial charge is 0.458 e. The highest BCUT2D eigenvalue weighted by Crippen LogP contribution is 2.72. The van der Waals surface area contributed by atoms with Crippen LogP contribution in [0.1, 0.15) is 169 Å². The zero-order valence-corrected chi connectivity index (χ0v) is 47.1. The third-order valence-electron chi connectivity index (χ3n) is 23.7. The van der Waals surface area contributed by atoms with Crippen molar-refractivity contribution >= 4 is 47.4 Å². The topological polar surface area (TPSA) is 305 Å². The van der Waals surface area contributed by atoms with Crippen LogP contribution in [0.5, 0.6) is 0 Å². The number of nitrogens with one attached hydrogen (secondary N) is 3. The Labute approximate surface area is 468 Å². The Morgan fingerprint density at radius 2 is 1.02 bits per heavy atom. The van der Waals surface area contributed by atoms with E-state index in [1.165, 1.54) is 0 Å². The summed E-state index contributed by atoms with van der Waals surface area (Å²) in [5.41, 5.74) is -1.75. The van der Waals surface area contributed by atoms with Gasteiger partial charge in [-0.15, -0.1) is 5.06 Å². The minimum atomic E-state index is -1.02. The molecule has 0 aromatic rings. The highest BCUT2D eigenvalue weighted by Gasteiger charge is 2.72. The number of nitrogens with zero attached hydrogens (tertiary/aromatic N) is 1. The molecule has 80 heavy (non-hydrogen) atoms. The summed E-state index contributed by atoms with van der Waals surface area (Å²) in [4.78, 5) is 101. The van der Waals surface area contributed by atoms with Crippen LogP contribution >= 0.6 is 0 Å². The highest BCUT2D eigenvalue weighted by atomic mass is 16.7. The third kappa shape index (κ3) is 9.92. The molecule has 5 amide bonds. The minimum Gasteiger partial charge on any atom is -0.458 e. The number of fused-ring (bicyclic) bond motifs is 10. The number of hydrogen-bond acceptors (Lipinski definition) is 16. The summed E-state index contributed by atoms with van der Waals surface area (Å²) in [5, 5.41) is 66.2. The van der Waals surface area contributed by atoms with Crippen molar-refractivity contribution in [2.45, 2.75) is 204 Å². The van der Waals surface area contributed by atoms with Gasteiger partial charge in [0.25, 0.3) is 11.8 Å². The molecule has 3 heterocycles. The van der Waals surface area contributed by atoms with Crippen molar-refractivity contribution in [3.63, 3.8) is 0 Å². The van der Waals surface area contributed by atoms with Gasteiger partial charge in [-0.1, -0.05) is 27.7 Å². The van der Waals surface area contributed by atoms with E-state index < -0.39 is 52.0 Å². The number of esters is 2. The first-order valence-corrected chi connectivity index (χ1v) is 30.0. The number of carbonyl (C=O) groups excluding carboxylic acids is 8. The molecule has 1 saturated heterocycles. The number of aliphatic hydroxyl groups is 5. The maximum Gasteiger partial charge on any atom is 0.333 e. The summed E-state index contributed by atoms with van der Waals surface area (Å²) in [6.07, 6.45) is 14.4. The van der Waals surface area contributed by atoms with Gasteiger partial charge >= 0.3 is 17.9 Å². The molecule has 11 aliphatic rings. The lowest BCUT2D eigenvalue weighted by Crippen LogP contribution is -2.67. The molecule has 8 saturated carbocycles. The lowest BCUT2D eigenvalue weighted by atomic mass is 9.42. The average Bonchev–Trinajstić information content (AvgIpc) is 4.34. The molecule has 442 valence electrons. The number of ether oxygens (including phenoxy) is 2. The molecule has 0 bridgehead atoms. The Kier molecular flexibility index (Phi) is 16.1. The van der Waals surface area contributed by atoms with E-state index in [0.29, 0.717) is 42.6 Å². The van der Waals surface area contributed by atoms with E-state index in [2.05, 4.69) is 29.8 Å². The van der Waals surface area contributed by atoms with Gasteiger partial charge in [-0.2, -0.15) is 0 Å². The van der Waals surface area contributed by atoms with Crippen LogP contribution in [0.25, 0.3) is 0 Å². The molecule has 0 aromatic carbocycles. The van der Waals surface area contributed by atoms with Gasteiger partial charge in [-0.3, -0.25) is 24.0 Å². The first-order chi connectivity index (χ1) is 37.9. The van der Waals surface area contributed by atoms with Crippen LogP contribution in [0, 0.1) is 69.0 Å². The molecule has 8 N–H and O–H groups in total. The van der Waals surface area contributed by atoms with Crippen molar-refractivity contribution in [3.05, 3.63) is 23.3 Å². The predicted octanol–water partition coefficient (Wildman–Crippen LogP) is 3.67. The fraction of sp³-hybridized carbons (Fsp3) is 0.800.